The lowest BCUT2D eigenvalue weighted by atomic mass is 9.97. The molecule has 4 nitrogen and oxygen atoms in total. The molecule has 0 spiro atoms. The molecule has 0 aromatic carbocycles. The number of nitrogens with zero attached hydrogens (tertiary/aromatic N) is 2. The summed E-state index contributed by atoms with van der Waals surface area (Å²) in [6.45, 7) is 0.867. The van der Waals surface area contributed by atoms with Crippen LogP contribution < -0.4 is 0 Å². The van der Waals surface area contributed by atoms with Crippen molar-refractivity contribution in [3.05, 3.63) is 0 Å². The molecule has 0 aromatic heterocycles. The van der Waals surface area contributed by atoms with Gasteiger partial charge in [-0.15, -0.1) is 0 Å². The molecule has 0 atom stereocenters. The van der Waals surface area contributed by atoms with Crippen LogP contribution >= 0.6 is 0 Å². The van der Waals surface area contributed by atoms with Gasteiger partial charge >= 0.3 is 5.97 Å². The highest BCUT2D eigenvalue weighted by atomic mass is 16.4. The molecule has 1 N–H and O–H groups in total. The summed E-state index contributed by atoms with van der Waals surface area (Å²) in [5.74, 6) is -0.772. The van der Waals surface area contributed by atoms with Crippen molar-refractivity contribution in [2.75, 3.05) is 13.1 Å². The van der Waals surface area contributed by atoms with E-state index in [2.05, 4.69) is 11.0 Å². The van der Waals surface area contributed by atoms with Crippen molar-refractivity contribution in [1.82, 2.24) is 4.90 Å². The number of hydrogen-bond donors (Lipinski definition) is 1. The molecule has 1 rings (SSSR count). The Morgan fingerprint density at radius 1 is 1.00 bits per heavy atom. The van der Waals surface area contributed by atoms with Crippen LogP contribution in [0.1, 0.15) is 77.0 Å². The predicted molar refractivity (Wildman–Crippen MR) is 84.0 cm³/mol. The fourth-order valence-electron chi connectivity index (χ4n) is 3.23. The standard InChI is InChI=1S/C17H30N2O2/c18-13-15-19(14-12-17(20)21)16-10-8-6-4-2-1-3-5-7-9-11-16/h16H,1-12,14-15H2,(H,20,21). The number of aliphatic carboxylic acids is 1. The summed E-state index contributed by atoms with van der Waals surface area (Å²) in [7, 11) is 0. The third kappa shape index (κ3) is 8.72. The van der Waals surface area contributed by atoms with Crippen LogP contribution in [0.3, 0.4) is 0 Å². The lowest BCUT2D eigenvalue weighted by molar-refractivity contribution is -0.137. The van der Waals surface area contributed by atoms with Crippen molar-refractivity contribution in [1.29, 1.82) is 5.26 Å². The van der Waals surface area contributed by atoms with Gasteiger partial charge in [-0.05, 0) is 12.8 Å². The summed E-state index contributed by atoms with van der Waals surface area (Å²) in [5.41, 5.74) is 0. The Morgan fingerprint density at radius 2 is 1.48 bits per heavy atom. The molecule has 0 unspecified atom stereocenters. The number of carboxylic acids is 1. The molecular weight excluding hydrogens is 264 g/mol. The summed E-state index contributed by atoms with van der Waals surface area (Å²) in [5, 5.41) is 17.9. The molecule has 21 heavy (non-hydrogen) atoms. The molecule has 1 fully saturated rings. The summed E-state index contributed by atoms with van der Waals surface area (Å²) in [6.07, 6.45) is 14.0. The maximum absolute atomic E-state index is 10.8. The van der Waals surface area contributed by atoms with Crippen LogP contribution in [0.25, 0.3) is 0 Å². The van der Waals surface area contributed by atoms with Gasteiger partial charge in [-0.3, -0.25) is 9.69 Å². The molecule has 1 aliphatic carbocycles. The Balaban J connectivity index is 2.52. The van der Waals surface area contributed by atoms with Crippen molar-refractivity contribution in [2.24, 2.45) is 0 Å². The summed E-state index contributed by atoms with van der Waals surface area (Å²) in [6, 6.07) is 2.60. The molecule has 0 radical (unpaired) electrons. The highest BCUT2D eigenvalue weighted by Gasteiger charge is 2.18. The van der Waals surface area contributed by atoms with Crippen molar-refractivity contribution in [3.8, 4) is 6.07 Å². The predicted octanol–water partition coefficient (Wildman–Crippen LogP) is 3.96. The SMILES string of the molecule is N#CCN(CCC(=O)O)C1CCCCCCCCCCC1. The van der Waals surface area contributed by atoms with Crippen LogP contribution in [-0.2, 0) is 4.79 Å². The average molecular weight is 294 g/mol. The van der Waals surface area contributed by atoms with E-state index < -0.39 is 5.97 Å². The van der Waals surface area contributed by atoms with Gasteiger partial charge in [0.05, 0.1) is 19.0 Å². The van der Waals surface area contributed by atoms with E-state index in [0.717, 1.165) is 12.8 Å². The number of carbonyl (C=O) groups is 1. The molecule has 120 valence electrons. The number of nitriles is 1. The number of rotatable bonds is 5. The van der Waals surface area contributed by atoms with E-state index in [0.29, 0.717) is 19.1 Å². The molecule has 0 aromatic rings. The van der Waals surface area contributed by atoms with E-state index in [-0.39, 0.29) is 6.42 Å². The second-order valence-electron chi connectivity index (χ2n) is 6.19. The fourth-order valence-corrected chi connectivity index (χ4v) is 3.23. The van der Waals surface area contributed by atoms with Gasteiger partial charge < -0.3 is 5.11 Å². The van der Waals surface area contributed by atoms with E-state index in [1.54, 1.807) is 0 Å². The number of carboxylic acid groups (broad SMARTS) is 1. The Hall–Kier alpha value is -1.08. The molecule has 0 saturated heterocycles. The zero-order valence-electron chi connectivity index (χ0n) is 13.2. The topological polar surface area (TPSA) is 64.3 Å². The van der Waals surface area contributed by atoms with E-state index >= 15 is 0 Å². The first-order valence-electron chi connectivity index (χ1n) is 8.57. The van der Waals surface area contributed by atoms with Gasteiger partial charge in [0.25, 0.3) is 0 Å². The normalized spacial score (nSPS) is 19.4. The fraction of sp³-hybridized carbons (Fsp3) is 0.882. The van der Waals surface area contributed by atoms with Gasteiger partial charge in [0, 0.05) is 12.6 Å². The van der Waals surface area contributed by atoms with Crippen LogP contribution in [-0.4, -0.2) is 35.1 Å². The first kappa shape index (κ1) is 18.0. The smallest absolute Gasteiger partial charge is 0.304 e. The van der Waals surface area contributed by atoms with Gasteiger partial charge in [-0.2, -0.15) is 5.26 Å². The van der Waals surface area contributed by atoms with E-state index in [9.17, 15) is 4.79 Å². The maximum Gasteiger partial charge on any atom is 0.304 e. The maximum atomic E-state index is 10.8. The third-order valence-corrected chi connectivity index (χ3v) is 4.48. The largest absolute Gasteiger partial charge is 0.481 e. The van der Waals surface area contributed by atoms with Crippen LogP contribution in [0, 0.1) is 11.3 Å². The Labute approximate surface area is 129 Å². The van der Waals surface area contributed by atoms with Gasteiger partial charge in [0.2, 0.25) is 0 Å². The molecule has 0 amide bonds. The third-order valence-electron chi connectivity index (χ3n) is 4.48. The second-order valence-corrected chi connectivity index (χ2v) is 6.19. The van der Waals surface area contributed by atoms with Crippen molar-refractivity contribution >= 4 is 5.97 Å². The minimum Gasteiger partial charge on any atom is -0.481 e. The molecule has 4 heteroatoms. The lowest BCUT2D eigenvalue weighted by Crippen LogP contribution is -2.37. The van der Waals surface area contributed by atoms with Gasteiger partial charge in [-0.1, -0.05) is 57.8 Å². The summed E-state index contributed by atoms with van der Waals surface area (Å²) >= 11 is 0. The first-order valence-corrected chi connectivity index (χ1v) is 8.57. The van der Waals surface area contributed by atoms with Gasteiger partial charge in [0.15, 0.2) is 0 Å². The van der Waals surface area contributed by atoms with Crippen LogP contribution in [0.4, 0.5) is 0 Å². The van der Waals surface area contributed by atoms with Crippen molar-refractivity contribution < 1.29 is 9.90 Å². The van der Waals surface area contributed by atoms with Crippen LogP contribution in [0.2, 0.25) is 0 Å². The zero-order chi connectivity index (χ0) is 15.3. The van der Waals surface area contributed by atoms with E-state index in [1.165, 1.54) is 57.8 Å². The highest BCUT2D eigenvalue weighted by molar-refractivity contribution is 5.66. The second kappa shape index (κ2) is 11.6. The van der Waals surface area contributed by atoms with Gasteiger partial charge in [-0.25, -0.2) is 0 Å². The van der Waals surface area contributed by atoms with Crippen LogP contribution in [0.5, 0.6) is 0 Å². The Kier molecular flexibility index (Phi) is 9.90. The van der Waals surface area contributed by atoms with Crippen molar-refractivity contribution in [3.63, 3.8) is 0 Å². The molecule has 0 heterocycles. The molecule has 1 aliphatic rings. The van der Waals surface area contributed by atoms with E-state index in [4.69, 9.17) is 10.4 Å². The lowest BCUT2D eigenvalue weighted by Gasteiger charge is -2.30. The molecule has 1 saturated carbocycles. The molecule has 0 bridgehead atoms. The first-order chi connectivity index (χ1) is 10.2. The van der Waals surface area contributed by atoms with Crippen LogP contribution in [0.15, 0.2) is 0 Å². The minimum absolute atomic E-state index is 0.137. The average Bonchev–Trinajstić information content (AvgIpc) is 2.44. The molecular formula is C17H30N2O2. The quantitative estimate of drug-likeness (QED) is 0.779. The summed E-state index contributed by atoms with van der Waals surface area (Å²) < 4.78 is 0. The Morgan fingerprint density at radius 3 is 1.90 bits per heavy atom. The monoisotopic (exact) mass is 294 g/mol. The minimum atomic E-state index is -0.772. The van der Waals surface area contributed by atoms with E-state index in [1.807, 2.05) is 0 Å². The number of hydrogen-bond acceptors (Lipinski definition) is 3. The summed E-state index contributed by atoms with van der Waals surface area (Å²) in [4.78, 5) is 12.9. The highest BCUT2D eigenvalue weighted by Crippen LogP contribution is 2.20. The van der Waals surface area contributed by atoms with Crippen molar-refractivity contribution in [2.45, 2.75) is 83.1 Å². The Bertz CT molecular complexity index is 313. The molecule has 0 aliphatic heterocycles. The van der Waals surface area contributed by atoms with Gasteiger partial charge in [0.1, 0.15) is 0 Å². The zero-order valence-corrected chi connectivity index (χ0v) is 13.2.